The number of phosphoric ester groups is 1. The van der Waals surface area contributed by atoms with Gasteiger partial charge in [-0.3, -0.25) is 18.6 Å². The van der Waals surface area contributed by atoms with Crippen molar-refractivity contribution in [1.82, 2.24) is 5.32 Å². The van der Waals surface area contributed by atoms with Crippen LogP contribution in [0, 0.1) is 0 Å². The molecule has 12 heteroatoms. The van der Waals surface area contributed by atoms with Crippen LogP contribution in [0.3, 0.4) is 0 Å². The Kier molecular flexibility index (Phi) is 46.7. The molecule has 0 aliphatic heterocycles. The molecule has 0 aromatic rings. The Hall–Kier alpha value is -3.86. The van der Waals surface area contributed by atoms with Gasteiger partial charge in [0, 0.05) is 12.8 Å². The van der Waals surface area contributed by atoms with Gasteiger partial charge < -0.3 is 25.2 Å². The van der Waals surface area contributed by atoms with Gasteiger partial charge >= 0.3 is 19.8 Å². The Labute approximate surface area is 412 Å². The van der Waals surface area contributed by atoms with Crippen LogP contribution in [-0.4, -0.2) is 64.9 Å². The zero-order valence-corrected chi connectivity index (χ0v) is 43.0. The highest BCUT2D eigenvalue weighted by molar-refractivity contribution is 7.47. The van der Waals surface area contributed by atoms with Crippen molar-refractivity contribution < 1.29 is 47.8 Å². The van der Waals surface area contributed by atoms with Crippen LogP contribution in [0.2, 0.25) is 0 Å². The lowest BCUT2D eigenvalue weighted by Crippen LogP contribution is -2.43. The van der Waals surface area contributed by atoms with E-state index in [0.717, 1.165) is 116 Å². The summed E-state index contributed by atoms with van der Waals surface area (Å²) >= 11 is 0. The monoisotopic (exact) mass is 970 g/mol. The fraction of sp³-hybridized carbons (Fsp3) is 0.625. The van der Waals surface area contributed by atoms with Gasteiger partial charge in [0.05, 0.1) is 13.2 Å². The number of carbonyl (C=O) groups excluding carboxylic acids is 2. The van der Waals surface area contributed by atoms with E-state index >= 15 is 0 Å². The summed E-state index contributed by atoms with van der Waals surface area (Å²) in [5.74, 6) is -2.42. The molecule has 0 aliphatic carbocycles. The molecule has 0 saturated heterocycles. The second-order valence-electron chi connectivity index (χ2n) is 17.0. The van der Waals surface area contributed by atoms with Gasteiger partial charge in [-0.25, -0.2) is 9.36 Å². The highest BCUT2D eigenvalue weighted by atomic mass is 31.2. The minimum atomic E-state index is -4.78. The van der Waals surface area contributed by atoms with Gasteiger partial charge in [0.25, 0.3) is 0 Å². The lowest BCUT2D eigenvalue weighted by Gasteiger charge is -2.18. The molecule has 0 aromatic carbocycles. The first-order valence-corrected chi connectivity index (χ1v) is 27.4. The van der Waals surface area contributed by atoms with Crippen molar-refractivity contribution >= 4 is 25.7 Å². The number of unbranched alkanes of at least 4 members (excludes halogenated alkanes) is 15. The molecular formula is C56H92NO10P. The fourth-order valence-electron chi connectivity index (χ4n) is 6.56. The molecule has 68 heavy (non-hydrogen) atoms. The standard InChI is InChI=1S/C56H92NO10P/c1-3-5-7-9-11-13-15-17-19-21-23-25-26-28-30-32-34-36-38-40-42-44-46-48-55(60)65-49-52(58)50-66-68(63,64)67-51-53(56(61)62)57-54(59)47-45-43-41-39-37-35-33-31-29-27-24-22-20-18-16-14-12-10-8-6-4-2/h6,8,11-14,17-20,23-25,27-28,30-31,33,52-53,58H,3-5,7,9-10,15-16,21-22,26,29,32,34-51H2,1-2H3,(H,57,59)(H,61,62)(H,63,64)/b8-6-,13-11-,14-12-,19-17-,20-18-,25-23-,27-24-,30-28-,33-31-. The number of carboxylic acids is 1. The van der Waals surface area contributed by atoms with Gasteiger partial charge in [-0.1, -0.05) is 187 Å². The third-order valence-corrected chi connectivity index (χ3v) is 11.5. The van der Waals surface area contributed by atoms with Crippen molar-refractivity contribution in [3.63, 3.8) is 0 Å². The van der Waals surface area contributed by atoms with Crippen LogP contribution in [0.25, 0.3) is 0 Å². The smallest absolute Gasteiger partial charge is 0.472 e. The van der Waals surface area contributed by atoms with E-state index in [2.05, 4.69) is 129 Å². The Morgan fingerprint density at radius 2 is 0.853 bits per heavy atom. The molecule has 0 aliphatic rings. The summed E-state index contributed by atoms with van der Waals surface area (Å²) in [4.78, 5) is 46.2. The third kappa shape index (κ3) is 48.6. The van der Waals surface area contributed by atoms with E-state index in [1.165, 1.54) is 38.5 Å². The van der Waals surface area contributed by atoms with Gasteiger partial charge in [0.2, 0.25) is 5.91 Å². The molecule has 0 bridgehead atoms. The molecule has 3 atom stereocenters. The zero-order chi connectivity index (χ0) is 49.9. The molecule has 386 valence electrons. The number of aliphatic carboxylic acids is 1. The number of hydrogen-bond acceptors (Lipinski definition) is 8. The normalized spacial score (nSPS) is 14.4. The van der Waals surface area contributed by atoms with Crippen LogP contribution in [0.15, 0.2) is 109 Å². The van der Waals surface area contributed by atoms with E-state index in [4.69, 9.17) is 13.8 Å². The van der Waals surface area contributed by atoms with E-state index in [0.29, 0.717) is 12.8 Å². The molecule has 0 fully saturated rings. The number of ether oxygens (including phenoxy) is 1. The predicted octanol–water partition coefficient (Wildman–Crippen LogP) is 14.6. The highest BCUT2D eigenvalue weighted by Crippen LogP contribution is 2.43. The summed E-state index contributed by atoms with van der Waals surface area (Å²) in [6.07, 6.45) is 65.3. The molecule has 0 radical (unpaired) electrons. The van der Waals surface area contributed by atoms with Crippen molar-refractivity contribution in [3.05, 3.63) is 109 Å². The Bertz CT molecular complexity index is 1560. The van der Waals surface area contributed by atoms with Crippen molar-refractivity contribution in [1.29, 1.82) is 0 Å². The van der Waals surface area contributed by atoms with Crippen LogP contribution < -0.4 is 5.32 Å². The summed E-state index contributed by atoms with van der Waals surface area (Å²) in [6, 6.07) is -1.57. The molecule has 1 amide bonds. The first kappa shape index (κ1) is 64.1. The summed E-state index contributed by atoms with van der Waals surface area (Å²) in [6.45, 7) is 2.43. The van der Waals surface area contributed by atoms with Gasteiger partial charge in [-0.05, 0) is 103 Å². The van der Waals surface area contributed by atoms with E-state index in [1.807, 2.05) is 0 Å². The second-order valence-corrected chi connectivity index (χ2v) is 18.4. The average Bonchev–Trinajstić information content (AvgIpc) is 3.32. The molecule has 0 aromatic heterocycles. The second kappa shape index (κ2) is 49.6. The lowest BCUT2D eigenvalue weighted by molar-refractivity contribution is -0.147. The number of carboxylic acid groups (broad SMARTS) is 1. The first-order valence-electron chi connectivity index (χ1n) is 25.9. The maximum atomic E-state index is 12.4. The molecule has 0 saturated carbocycles. The minimum absolute atomic E-state index is 0.116. The summed E-state index contributed by atoms with van der Waals surface area (Å²) in [5.41, 5.74) is 0. The number of aliphatic hydroxyl groups excluding tert-OH is 1. The number of amides is 1. The van der Waals surface area contributed by atoms with Crippen molar-refractivity contribution in [2.45, 2.75) is 206 Å². The highest BCUT2D eigenvalue weighted by Gasteiger charge is 2.28. The largest absolute Gasteiger partial charge is 0.480 e. The minimum Gasteiger partial charge on any atom is -0.480 e. The number of hydrogen-bond donors (Lipinski definition) is 4. The van der Waals surface area contributed by atoms with E-state index < -0.39 is 57.6 Å². The SMILES string of the molecule is CC/C=C\C/C=C\C/C=C\C/C=C\C/C=C\CCCCCCCC(=O)NC(COP(=O)(O)OCC(O)COC(=O)CCCCCCCCC/C=C\C/C=C\C/C=C\C/C=C\CCCCC)C(=O)O. The van der Waals surface area contributed by atoms with Gasteiger partial charge in [-0.2, -0.15) is 0 Å². The van der Waals surface area contributed by atoms with E-state index in [9.17, 15) is 34.1 Å². The summed E-state index contributed by atoms with van der Waals surface area (Å²) in [5, 5.41) is 21.9. The van der Waals surface area contributed by atoms with Gasteiger partial charge in [0.1, 0.15) is 12.7 Å². The molecule has 0 heterocycles. The van der Waals surface area contributed by atoms with Gasteiger partial charge in [-0.15, -0.1) is 0 Å². The molecule has 3 unspecified atom stereocenters. The molecule has 11 nitrogen and oxygen atoms in total. The zero-order valence-electron chi connectivity index (χ0n) is 42.1. The number of esters is 1. The average molecular weight is 970 g/mol. The quantitative estimate of drug-likeness (QED) is 0.0199. The van der Waals surface area contributed by atoms with Crippen LogP contribution in [0.5, 0.6) is 0 Å². The third-order valence-electron chi connectivity index (χ3n) is 10.5. The van der Waals surface area contributed by atoms with E-state index in [-0.39, 0.29) is 12.8 Å². The molecule has 4 N–H and O–H groups in total. The molecular weight excluding hydrogens is 878 g/mol. The number of rotatable bonds is 47. The Morgan fingerprint density at radius 1 is 0.485 bits per heavy atom. The van der Waals surface area contributed by atoms with Crippen LogP contribution in [0.1, 0.15) is 194 Å². The number of allylic oxidation sites excluding steroid dienone is 18. The van der Waals surface area contributed by atoms with Crippen molar-refractivity contribution in [3.8, 4) is 0 Å². The maximum Gasteiger partial charge on any atom is 0.472 e. The lowest BCUT2D eigenvalue weighted by atomic mass is 10.1. The van der Waals surface area contributed by atoms with Crippen molar-refractivity contribution in [2.75, 3.05) is 19.8 Å². The predicted molar refractivity (Wildman–Crippen MR) is 281 cm³/mol. The summed E-state index contributed by atoms with van der Waals surface area (Å²) in [7, 11) is -4.78. The fourth-order valence-corrected chi connectivity index (χ4v) is 7.33. The number of phosphoric acid groups is 1. The van der Waals surface area contributed by atoms with Crippen LogP contribution in [0.4, 0.5) is 0 Å². The van der Waals surface area contributed by atoms with Crippen molar-refractivity contribution in [2.24, 2.45) is 0 Å². The van der Waals surface area contributed by atoms with Gasteiger partial charge in [0.15, 0.2) is 6.04 Å². The van der Waals surface area contributed by atoms with Crippen LogP contribution in [-0.2, 0) is 32.7 Å². The number of carbonyl (C=O) groups is 3. The topological polar surface area (TPSA) is 169 Å². The van der Waals surface area contributed by atoms with E-state index in [1.54, 1.807) is 0 Å². The van der Waals surface area contributed by atoms with Crippen LogP contribution >= 0.6 is 7.82 Å². The Balaban J connectivity index is 3.91. The molecule has 0 rings (SSSR count). The molecule has 0 spiro atoms. The summed E-state index contributed by atoms with van der Waals surface area (Å²) < 4.78 is 27.0. The first-order chi connectivity index (χ1) is 33.1. The Morgan fingerprint density at radius 3 is 1.28 bits per heavy atom. The number of aliphatic hydroxyl groups is 1. The number of nitrogens with one attached hydrogen (secondary N) is 1. The maximum absolute atomic E-state index is 12.4.